The van der Waals surface area contributed by atoms with Crippen LogP contribution < -0.4 is 15.2 Å². The first-order chi connectivity index (χ1) is 14.4. The van der Waals surface area contributed by atoms with E-state index >= 15 is 0 Å². The van der Waals surface area contributed by atoms with Crippen molar-refractivity contribution >= 4 is 22.6 Å². The lowest BCUT2D eigenvalue weighted by molar-refractivity contribution is -0.925. The summed E-state index contributed by atoms with van der Waals surface area (Å²) >= 11 is 0. The summed E-state index contributed by atoms with van der Waals surface area (Å²) in [6.45, 7) is 6.14. The maximum absolute atomic E-state index is 13.5. The molecule has 0 aliphatic rings. The normalized spacial score (nSPS) is 12.0. The highest BCUT2D eigenvalue weighted by atomic mass is 16.5. The van der Waals surface area contributed by atoms with E-state index in [1.165, 1.54) is 10.5 Å². The summed E-state index contributed by atoms with van der Waals surface area (Å²) in [7, 11) is 3.87. The minimum atomic E-state index is -0.488. The second-order valence-corrected chi connectivity index (χ2v) is 7.60. The Hall–Kier alpha value is -3.12. The molecule has 6 heteroatoms. The van der Waals surface area contributed by atoms with Gasteiger partial charge in [-0.15, -0.1) is 0 Å². The zero-order valence-electron chi connectivity index (χ0n) is 18.1. The maximum atomic E-state index is 13.5. The molecule has 3 aromatic rings. The minimum Gasteiger partial charge on any atom is -0.461 e. The Balaban J connectivity index is 2.08. The van der Waals surface area contributed by atoms with Gasteiger partial charge >= 0.3 is 5.97 Å². The van der Waals surface area contributed by atoms with Crippen LogP contribution in [0.25, 0.3) is 10.9 Å². The molecule has 2 N–H and O–H groups in total. The Kier molecular flexibility index (Phi) is 6.90. The molecule has 158 valence electrons. The van der Waals surface area contributed by atoms with Crippen molar-refractivity contribution in [3.63, 3.8) is 0 Å². The number of hydrogen-bond donors (Lipinski definition) is 2. The van der Waals surface area contributed by atoms with Crippen LogP contribution in [-0.4, -0.2) is 38.2 Å². The molecule has 0 aliphatic heterocycles. The van der Waals surface area contributed by atoms with Crippen molar-refractivity contribution in [2.45, 2.75) is 26.9 Å². The van der Waals surface area contributed by atoms with Crippen LogP contribution in [0.5, 0.6) is 0 Å². The molecule has 1 aromatic heterocycles. The molecule has 0 aliphatic carbocycles. The van der Waals surface area contributed by atoms with Crippen molar-refractivity contribution in [2.24, 2.45) is 0 Å². The Morgan fingerprint density at radius 2 is 1.80 bits per heavy atom. The van der Waals surface area contributed by atoms with Gasteiger partial charge in [0.05, 0.1) is 24.2 Å². The average Bonchev–Trinajstić information content (AvgIpc) is 2.75. The van der Waals surface area contributed by atoms with Crippen LogP contribution in [0.2, 0.25) is 0 Å². The SMILES string of the molecule is CCOC(=O)c1[nH]c2ccc(N(C)C)cc2c(=O)c1C[NH+](CC)Cc1ccccc1. The molecule has 1 atom stereocenters. The molecule has 1 unspecified atom stereocenters. The Bertz CT molecular complexity index is 1070. The van der Waals surface area contributed by atoms with E-state index < -0.39 is 5.97 Å². The zero-order chi connectivity index (χ0) is 21.7. The number of aromatic nitrogens is 1. The van der Waals surface area contributed by atoms with E-state index in [1.807, 2.05) is 55.4 Å². The second-order valence-electron chi connectivity index (χ2n) is 7.60. The molecular formula is C24H30N3O3+. The van der Waals surface area contributed by atoms with E-state index in [2.05, 4.69) is 24.0 Å². The predicted molar refractivity (Wildman–Crippen MR) is 120 cm³/mol. The summed E-state index contributed by atoms with van der Waals surface area (Å²) in [6, 6.07) is 15.8. The molecule has 6 nitrogen and oxygen atoms in total. The van der Waals surface area contributed by atoms with Gasteiger partial charge in [-0.1, -0.05) is 30.3 Å². The number of H-pyrrole nitrogens is 1. The monoisotopic (exact) mass is 408 g/mol. The number of quaternary nitrogens is 1. The fourth-order valence-corrected chi connectivity index (χ4v) is 3.59. The fourth-order valence-electron chi connectivity index (χ4n) is 3.59. The third-order valence-electron chi connectivity index (χ3n) is 5.30. The molecule has 0 bridgehead atoms. The summed E-state index contributed by atoms with van der Waals surface area (Å²) in [5.41, 5.74) is 3.38. The van der Waals surface area contributed by atoms with Crippen molar-refractivity contribution in [3.05, 3.63) is 75.6 Å². The number of benzene rings is 2. The third kappa shape index (κ3) is 4.71. The molecule has 3 rings (SSSR count). The maximum Gasteiger partial charge on any atom is 0.355 e. The van der Waals surface area contributed by atoms with E-state index in [4.69, 9.17) is 4.74 Å². The van der Waals surface area contributed by atoms with Gasteiger partial charge in [-0.2, -0.15) is 0 Å². The van der Waals surface area contributed by atoms with Gasteiger partial charge in [0.15, 0.2) is 5.43 Å². The number of rotatable bonds is 8. The van der Waals surface area contributed by atoms with Gasteiger partial charge in [0.25, 0.3) is 0 Å². The lowest BCUT2D eigenvalue weighted by Gasteiger charge is -2.20. The zero-order valence-corrected chi connectivity index (χ0v) is 18.1. The van der Waals surface area contributed by atoms with Crippen molar-refractivity contribution < 1.29 is 14.4 Å². The molecule has 0 amide bonds. The fraction of sp³-hybridized carbons (Fsp3) is 0.333. The number of carbonyl (C=O) groups is 1. The highest BCUT2D eigenvalue weighted by Gasteiger charge is 2.23. The highest BCUT2D eigenvalue weighted by molar-refractivity contribution is 5.93. The predicted octanol–water partition coefficient (Wildman–Crippen LogP) is 2.38. The Morgan fingerprint density at radius 3 is 2.43 bits per heavy atom. The van der Waals surface area contributed by atoms with Gasteiger partial charge < -0.3 is 19.5 Å². The van der Waals surface area contributed by atoms with Crippen LogP contribution in [0.15, 0.2) is 53.3 Å². The standard InChI is InChI=1S/C24H29N3O3/c1-5-27(15-17-10-8-7-9-11-17)16-20-22(24(29)30-6-2)25-21-13-12-18(26(3)4)14-19(21)23(20)28/h7-14H,5-6,15-16H2,1-4H3,(H,25,28)/p+1. The first-order valence-electron chi connectivity index (χ1n) is 10.3. The highest BCUT2D eigenvalue weighted by Crippen LogP contribution is 2.19. The molecule has 1 heterocycles. The van der Waals surface area contributed by atoms with Crippen LogP contribution in [0.3, 0.4) is 0 Å². The molecule has 0 saturated carbocycles. The molecular weight excluding hydrogens is 378 g/mol. The number of carbonyl (C=O) groups excluding carboxylic acids is 1. The molecule has 2 aromatic carbocycles. The van der Waals surface area contributed by atoms with E-state index in [0.717, 1.165) is 18.8 Å². The van der Waals surface area contributed by atoms with Crippen molar-refractivity contribution in [1.29, 1.82) is 0 Å². The van der Waals surface area contributed by atoms with Gasteiger partial charge in [0, 0.05) is 30.7 Å². The average molecular weight is 409 g/mol. The number of fused-ring (bicyclic) bond motifs is 1. The topological polar surface area (TPSA) is 66.8 Å². The molecule has 0 saturated heterocycles. The van der Waals surface area contributed by atoms with Gasteiger partial charge in [0.1, 0.15) is 18.8 Å². The Morgan fingerprint density at radius 1 is 1.07 bits per heavy atom. The van der Waals surface area contributed by atoms with Crippen molar-refractivity contribution in [2.75, 3.05) is 32.1 Å². The number of nitrogens with one attached hydrogen (secondary N) is 2. The number of nitrogens with zero attached hydrogens (tertiary/aromatic N) is 1. The van der Waals surface area contributed by atoms with Crippen molar-refractivity contribution in [1.82, 2.24) is 4.98 Å². The first-order valence-corrected chi connectivity index (χ1v) is 10.3. The molecule has 0 fully saturated rings. The van der Waals surface area contributed by atoms with Crippen LogP contribution in [0.1, 0.15) is 35.5 Å². The van der Waals surface area contributed by atoms with Gasteiger partial charge in [-0.3, -0.25) is 4.79 Å². The summed E-state index contributed by atoms with van der Waals surface area (Å²) in [5, 5.41) is 0.583. The van der Waals surface area contributed by atoms with Gasteiger partial charge in [-0.05, 0) is 32.0 Å². The van der Waals surface area contributed by atoms with E-state index in [9.17, 15) is 9.59 Å². The van der Waals surface area contributed by atoms with Gasteiger partial charge in [-0.25, -0.2) is 4.79 Å². The van der Waals surface area contributed by atoms with E-state index in [0.29, 0.717) is 23.0 Å². The summed E-state index contributed by atoms with van der Waals surface area (Å²) in [5.74, 6) is -0.488. The smallest absolute Gasteiger partial charge is 0.355 e. The number of ether oxygens (including phenoxy) is 1. The summed E-state index contributed by atoms with van der Waals surface area (Å²) in [4.78, 5) is 32.5. The largest absolute Gasteiger partial charge is 0.461 e. The number of anilines is 1. The quantitative estimate of drug-likeness (QED) is 0.562. The number of aromatic amines is 1. The van der Waals surface area contributed by atoms with Crippen LogP contribution in [-0.2, 0) is 17.8 Å². The molecule has 30 heavy (non-hydrogen) atoms. The molecule has 0 radical (unpaired) electrons. The van der Waals surface area contributed by atoms with Crippen LogP contribution in [0.4, 0.5) is 5.69 Å². The Labute approximate surface area is 177 Å². The van der Waals surface area contributed by atoms with Crippen LogP contribution in [0, 0.1) is 0 Å². The van der Waals surface area contributed by atoms with Gasteiger partial charge in [0.2, 0.25) is 0 Å². The number of hydrogen-bond acceptors (Lipinski definition) is 4. The first kappa shape index (κ1) is 21.6. The van der Waals surface area contributed by atoms with E-state index in [-0.39, 0.29) is 17.7 Å². The summed E-state index contributed by atoms with van der Waals surface area (Å²) < 4.78 is 5.24. The van der Waals surface area contributed by atoms with Crippen molar-refractivity contribution in [3.8, 4) is 0 Å². The second kappa shape index (κ2) is 9.59. The van der Waals surface area contributed by atoms with E-state index in [1.54, 1.807) is 6.92 Å². The molecule has 0 spiro atoms. The summed E-state index contributed by atoms with van der Waals surface area (Å²) in [6.07, 6.45) is 0. The lowest BCUT2D eigenvalue weighted by atomic mass is 10.1. The number of pyridine rings is 1. The van der Waals surface area contributed by atoms with Crippen LogP contribution >= 0.6 is 0 Å². The third-order valence-corrected chi connectivity index (χ3v) is 5.30. The lowest BCUT2D eigenvalue weighted by Crippen LogP contribution is -3.09. The number of esters is 1. The minimum absolute atomic E-state index is 0.116.